The molecule has 108 valence electrons. The van der Waals surface area contributed by atoms with Gasteiger partial charge in [0.05, 0.1) is 0 Å². The SMILES string of the molecule is C=CC(=O)N1CCN(c2ncc(CC)cn2)C[C@@H]1CC. The van der Waals surface area contributed by atoms with Gasteiger partial charge in [-0.15, -0.1) is 0 Å². The van der Waals surface area contributed by atoms with Gasteiger partial charge in [0.1, 0.15) is 0 Å². The summed E-state index contributed by atoms with van der Waals surface area (Å²) in [6, 6.07) is 0.198. The van der Waals surface area contributed by atoms with E-state index in [1.54, 1.807) is 0 Å². The van der Waals surface area contributed by atoms with Crippen LogP contribution >= 0.6 is 0 Å². The third-order valence-electron chi connectivity index (χ3n) is 3.79. The number of anilines is 1. The Balaban J connectivity index is 2.08. The Bertz CT molecular complexity index is 471. The van der Waals surface area contributed by atoms with Crippen LogP contribution in [0, 0.1) is 0 Å². The minimum absolute atomic E-state index is 0.0127. The number of hydrogen-bond donors (Lipinski definition) is 0. The Hall–Kier alpha value is -1.91. The van der Waals surface area contributed by atoms with E-state index in [0.29, 0.717) is 6.54 Å². The molecule has 1 atom stereocenters. The van der Waals surface area contributed by atoms with E-state index in [-0.39, 0.29) is 11.9 Å². The molecule has 5 heteroatoms. The molecule has 0 radical (unpaired) electrons. The lowest BCUT2D eigenvalue weighted by Gasteiger charge is -2.40. The van der Waals surface area contributed by atoms with Gasteiger partial charge in [0, 0.05) is 38.1 Å². The topological polar surface area (TPSA) is 49.3 Å². The predicted molar refractivity (Wildman–Crippen MR) is 79.6 cm³/mol. The highest BCUT2D eigenvalue weighted by Crippen LogP contribution is 2.17. The first-order valence-electron chi connectivity index (χ1n) is 7.18. The van der Waals surface area contributed by atoms with Crippen LogP contribution in [0.15, 0.2) is 25.0 Å². The Kier molecular flexibility index (Phi) is 4.71. The van der Waals surface area contributed by atoms with Crippen molar-refractivity contribution in [1.82, 2.24) is 14.9 Å². The summed E-state index contributed by atoms with van der Waals surface area (Å²) in [5.41, 5.74) is 1.14. The van der Waals surface area contributed by atoms with Crippen molar-refractivity contribution < 1.29 is 4.79 Å². The molecule has 0 N–H and O–H groups in total. The lowest BCUT2D eigenvalue weighted by Crippen LogP contribution is -2.55. The van der Waals surface area contributed by atoms with Crippen molar-refractivity contribution in [3.05, 3.63) is 30.6 Å². The van der Waals surface area contributed by atoms with Crippen molar-refractivity contribution in [2.45, 2.75) is 32.7 Å². The van der Waals surface area contributed by atoms with E-state index in [0.717, 1.165) is 37.4 Å². The van der Waals surface area contributed by atoms with Crippen molar-refractivity contribution in [1.29, 1.82) is 0 Å². The molecule has 0 saturated carbocycles. The molecule has 1 aromatic heterocycles. The third kappa shape index (κ3) is 2.98. The van der Waals surface area contributed by atoms with Gasteiger partial charge in [0.2, 0.25) is 11.9 Å². The van der Waals surface area contributed by atoms with E-state index in [2.05, 4.69) is 35.3 Å². The molecule has 1 saturated heterocycles. The van der Waals surface area contributed by atoms with Crippen LogP contribution in [0.25, 0.3) is 0 Å². The Morgan fingerprint density at radius 2 is 2.10 bits per heavy atom. The van der Waals surface area contributed by atoms with Gasteiger partial charge in [-0.25, -0.2) is 9.97 Å². The molecule has 1 aromatic rings. The maximum absolute atomic E-state index is 11.8. The van der Waals surface area contributed by atoms with Gasteiger partial charge in [0.15, 0.2) is 0 Å². The number of hydrogen-bond acceptors (Lipinski definition) is 4. The molecule has 5 nitrogen and oxygen atoms in total. The van der Waals surface area contributed by atoms with Gasteiger partial charge < -0.3 is 9.80 Å². The second kappa shape index (κ2) is 6.50. The van der Waals surface area contributed by atoms with Gasteiger partial charge in [-0.3, -0.25) is 4.79 Å². The van der Waals surface area contributed by atoms with Crippen molar-refractivity contribution in [3.8, 4) is 0 Å². The molecule has 2 rings (SSSR count). The molecule has 0 spiro atoms. The minimum atomic E-state index is 0.0127. The lowest BCUT2D eigenvalue weighted by atomic mass is 10.1. The standard InChI is InChI=1S/C15H22N4O/c1-4-12-9-16-15(17-10-12)18-7-8-19(14(20)6-3)13(5-2)11-18/h6,9-10,13H,3-5,7-8,11H2,1-2H3/t13-/m0/s1. The van der Waals surface area contributed by atoms with E-state index in [1.807, 2.05) is 17.3 Å². The highest BCUT2D eigenvalue weighted by molar-refractivity contribution is 5.87. The largest absolute Gasteiger partial charge is 0.337 e. The monoisotopic (exact) mass is 274 g/mol. The van der Waals surface area contributed by atoms with Crippen LogP contribution in [0.1, 0.15) is 25.8 Å². The van der Waals surface area contributed by atoms with Crippen molar-refractivity contribution in [2.24, 2.45) is 0 Å². The Morgan fingerprint density at radius 3 is 2.65 bits per heavy atom. The van der Waals surface area contributed by atoms with Gasteiger partial charge in [0.25, 0.3) is 0 Å². The van der Waals surface area contributed by atoms with Gasteiger partial charge in [-0.05, 0) is 24.5 Å². The lowest BCUT2D eigenvalue weighted by molar-refractivity contribution is -0.128. The zero-order valence-electron chi connectivity index (χ0n) is 12.2. The maximum Gasteiger partial charge on any atom is 0.246 e. The number of carbonyl (C=O) groups excluding carboxylic acids is 1. The molecule has 0 aromatic carbocycles. The number of rotatable bonds is 4. The normalized spacial score (nSPS) is 19.0. The quantitative estimate of drug-likeness (QED) is 0.783. The van der Waals surface area contributed by atoms with Crippen LogP contribution in [0.2, 0.25) is 0 Å². The predicted octanol–water partition coefficient (Wildman–Crippen LogP) is 1.65. The minimum Gasteiger partial charge on any atom is -0.337 e. The van der Waals surface area contributed by atoms with Gasteiger partial charge in [-0.2, -0.15) is 0 Å². The number of piperazine rings is 1. The Labute approximate surface area is 120 Å². The molecule has 0 unspecified atom stereocenters. The van der Waals surface area contributed by atoms with Crippen LogP contribution < -0.4 is 4.90 Å². The van der Waals surface area contributed by atoms with E-state index in [9.17, 15) is 4.79 Å². The molecule has 0 bridgehead atoms. The van der Waals surface area contributed by atoms with E-state index in [1.165, 1.54) is 6.08 Å². The molecule has 0 aliphatic carbocycles. The smallest absolute Gasteiger partial charge is 0.246 e. The average Bonchev–Trinajstić information content (AvgIpc) is 2.53. The molecular weight excluding hydrogens is 252 g/mol. The molecule has 1 aliphatic rings. The Morgan fingerprint density at radius 1 is 1.40 bits per heavy atom. The molecule has 1 amide bonds. The summed E-state index contributed by atoms with van der Waals surface area (Å²) < 4.78 is 0. The summed E-state index contributed by atoms with van der Waals surface area (Å²) >= 11 is 0. The van der Waals surface area contributed by atoms with Crippen molar-refractivity contribution in [3.63, 3.8) is 0 Å². The number of carbonyl (C=O) groups is 1. The summed E-state index contributed by atoms with van der Waals surface area (Å²) in [7, 11) is 0. The molecule has 1 fully saturated rings. The number of amides is 1. The van der Waals surface area contributed by atoms with Crippen LogP contribution in [0.5, 0.6) is 0 Å². The molecule has 1 aliphatic heterocycles. The fourth-order valence-electron chi connectivity index (χ4n) is 2.49. The summed E-state index contributed by atoms with van der Waals surface area (Å²) in [6.07, 6.45) is 7.02. The summed E-state index contributed by atoms with van der Waals surface area (Å²) in [5, 5.41) is 0. The number of aromatic nitrogens is 2. The maximum atomic E-state index is 11.8. The number of nitrogens with zero attached hydrogens (tertiary/aromatic N) is 4. The zero-order chi connectivity index (χ0) is 14.5. The van der Waals surface area contributed by atoms with E-state index < -0.39 is 0 Å². The first kappa shape index (κ1) is 14.5. The first-order valence-corrected chi connectivity index (χ1v) is 7.18. The number of aryl methyl sites for hydroxylation is 1. The molecule has 20 heavy (non-hydrogen) atoms. The van der Waals surface area contributed by atoms with Crippen molar-refractivity contribution in [2.75, 3.05) is 24.5 Å². The van der Waals surface area contributed by atoms with Crippen LogP contribution in [0.4, 0.5) is 5.95 Å². The molecular formula is C15H22N4O. The highest BCUT2D eigenvalue weighted by Gasteiger charge is 2.29. The second-order valence-corrected chi connectivity index (χ2v) is 4.99. The van der Waals surface area contributed by atoms with Crippen molar-refractivity contribution >= 4 is 11.9 Å². The van der Waals surface area contributed by atoms with Crippen LogP contribution in [-0.4, -0.2) is 46.5 Å². The first-order chi connectivity index (χ1) is 9.69. The van der Waals surface area contributed by atoms with Crippen LogP contribution in [0.3, 0.4) is 0 Å². The highest BCUT2D eigenvalue weighted by atomic mass is 16.2. The summed E-state index contributed by atoms with van der Waals surface area (Å²) in [6.45, 7) is 10.00. The molecule has 2 heterocycles. The fourth-order valence-corrected chi connectivity index (χ4v) is 2.49. The third-order valence-corrected chi connectivity index (χ3v) is 3.79. The fraction of sp³-hybridized carbons (Fsp3) is 0.533. The second-order valence-electron chi connectivity index (χ2n) is 4.99. The summed E-state index contributed by atoms with van der Waals surface area (Å²) in [5.74, 6) is 0.769. The van der Waals surface area contributed by atoms with E-state index in [4.69, 9.17) is 0 Å². The van der Waals surface area contributed by atoms with E-state index >= 15 is 0 Å². The zero-order valence-corrected chi connectivity index (χ0v) is 12.2. The van der Waals surface area contributed by atoms with Crippen LogP contribution in [-0.2, 0) is 11.2 Å². The van der Waals surface area contributed by atoms with Gasteiger partial charge >= 0.3 is 0 Å². The summed E-state index contributed by atoms with van der Waals surface area (Å²) in [4.78, 5) is 24.7. The van der Waals surface area contributed by atoms with Gasteiger partial charge in [-0.1, -0.05) is 20.4 Å². The average molecular weight is 274 g/mol.